The molecule has 0 heterocycles. The van der Waals surface area contributed by atoms with Crippen molar-refractivity contribution in [3.63, 3.8) is 0 Å². The van der Waals surface area contributed by atoms with Crippen molar-refractivity contribution in [3.05, 3.63) is 33.3 Å². The molecule has 0 aliphatic rings. The van der Waals surface area contributed by atoms with Crippen molar-refractivity contribution in [1.82, 2.24) is 0 Å². The lowest BCUT2D eigenvalue weighted by Crippen LogP contribution is -2.04. The van der Waals surface area contributed by atoms with Gasteiger partial charge >= 0.3 is 0 Å². The fraction of sp³-hybridized carbons (Fsp3) is 0.300. The van der Waals surface area contributed by atoms with Crippen molar-refractivity contribution in [3.8, 4) is 0 Å². The molecule has 1 rings (SSSR count). The van der Waals surface area contributed by atoms with Crippen LogP contribution in [0.3, 0.4) is 0 Å². The number of carbonyl (C=O) groups excluding carboxylic acids is 1. The third-order valence-electron chi connectivity index (χ3n) is 1.97. The second kappa shape index (κ2) is 4.17. The molecule has 0 saturated carbocycles. The van der Waals surface area contributed by atoms with E-state index in [0.29, 0.717) is 5.56 Å². The topological polar surface area (TPSA) is 17.1 Å². The van der Waals surface area contributed by atoms with E-state index in [2.05, 4.69) is 15.9 Å². The first-order valence-electron chi connectivity index (χ1n) is 4.03. The third-order valence-corrected chi connectivity index (χ3v) is 2.66. The molecular formula is C10H9BrF2O. The van der Waals surface area contributed by atoms with Gasteiger partial charge in [-0.3, -0.25) is 4.79 Å². The molecule has 0 aliphatic carbocycles. The van der Waals surface area contributed by atoms with Gasteiger partial charge in [0.25, 0.3) is 6.43 Å². The summed E-state index contributed by atoms with van der Waals surface area (Å²) >= 11 is 3.02. The van der Waals surface area contributed by atoms with Crippen LogP contribution in [0.4, 0.5) is 8.78 Å². The molecule has 4 heteroatoms. The molecule has 0 N–H and O–H groups in total. The number of ketones is 1. The molecular weight excluding hydrogens is 254 g/mol. The van der Waals surface area contributed by atoms with Gasteiger partial charge in [0.15, 0.2) is 5.78 Å². The lowest BCUT2D eigenvalue weighted by molar-refractivity contribution is 0.0997. The molecule has 0 spiro atoms. The first-order chi connectivity index (χ1) is 6.45. The van der Waals surface area contributed by atoms with Gasteiger partial charge in [0.1, 0.15) is 0 Å². The normalized spacial score (nSPS) is 10.7. The van der Waals surface area contributed by atoms with E-state index in [1.165, 1.54) is 13.0 Å². The third kappa shape index (κ3) is 2.00. The highest BCUT2D eigenvalue weighted by Crippen LogP contribution is 2.32. The number of halogens is 3. The van der Waals surface area contributed by atoms with Crippen LogP contribution >= 0.6 is 15.9 Å². The van der Waals surface area contributed by atoms with Gasteiger partial charge in [-0.25, -0.2) is 8.78 Å². The van der Waals surface area contributed by atoms with Crippen LogP contribution in [0.15, 0.2) is 16.6 Å². The molecule has 0 amide bonds. The van der Waals surface area contributed by atoms with E-state index >= 15 is 0 Å². The minimum absolute atomic E-state index is 0.120. The highest BCUT2D eigenvalue weighted by atomic mass is 79.9. The van der Waals surface area contributed by atoms with Crippen molar-refractivity contribution in [2.75, 3.05) is 0 Å². The Labute approximate surface area is 89.3 Å². The number of hydrogen-bond acceptors (Lipinski definition) is 1. The molecule has 14 heavy (non-hydrogen) atoms. The largest absolute Gasteiger partial charge is 0.294 e. The number of hydrogen-bond donors (Lipinski definition) is 0. The van der Waals surface area contributed by atoms with E-state index in [1.807, 2.05) is 0 Å². The summed E-state index contributed by atoms with van der Waals surface area (Å²) in [6.07, 6.45) is -2.64. The second-order valence-electron chi connectivity index (χ2n) is 3.01. The summed E-state index contributed by atoms with van der Waals surface area (Å²) in [7, 11) is 0. The summed E-state index contributed by atoms with van der Waals surface area (Å²) in [5.41, 5.74) is 0.489. The van der Waals surface area contributed by atoms with Gasteiger partial charge < -0.3 is 0 Å². The summed E-state index contributed by atoms with van der Waals surface area (Å²) in [5, 5.41) is 0. The lowest BCUT2D eigenvalue weighted by Gasteiger charge is -2.11. The number of benzene rings is 1. The average Bonchev–Trinajstić information content (AvgIpc) is 2.07. The minimum Gasteiger partial charge on any atom is -0.294 e. The van der Waals surface area contributed by atoms with Crippen molar-refractivity contribution in [1.29, 1.82) is 0 Å². The minimum atomic E-state index is -2.64. The SMILES string of the molecule is CC(=O)c1c(C)ccc(Br)c1C(F)F. The van der Waals surface area contributed by atoms with Crippen LogP contribution in [0.25, 0.3) is 0 Å². The zero-order valence-electron chi connectivity index (χ0n) is 7.77. The molecule has 0 aromatic heterocycles. The summed E-state index contributed by atoms with van der Waals surface area (Å²) in [6.45, 7) is 2.94. The van der Waals surface area contributed by atoms with Crippen LogP contribution in [-0.4, -0.2) is 5.78 Å². The lowest BCUT2D eigenvalue weighted by atomic mass is 9.99. The maximum atomic E-state index is 12.6. The zero-order valence-corrected chi connectivity index (χ0v) is 9.36. The van der Waals surface area contributed by atoms with E-state index < -0.39 is 6.43 Å². The number of alkyl halides is 2. The second-order valence-corrected chi connectivity index (χ2v) is 3.86. The number of Topliss-reactive ketones (excluding diaryl/α,β-unsaturated/α-hetero) is 1. The van der Waals surface area contributed by atoms with Crippen molar-refractivity contribution < 1.29 is 13.6 Å². The van der Waals surface area contributed by atoms with Gasteiger partial charge in [0, 0.05) is 15.6 Å². The summed E-state index contributed by atoms with van der Waals surface area (Å²) in [4.78, 5) is 11.2. The Morgan fingerprint density at radius 2 is 2.00 bits per heavy atom. The number of rotatable bonds is 2. The van der Waals surface area contributed by atoms with Crippen molar-refractivity contribution in [2.24, 2.45) is 0 Å². The predicted octanol–water partition coefficient (Wildman–Crippen LogP) is 3.90. The molecule has 0 bridgehead atoms. The summed E-state index contributed by atoms with van der Waals surface area (Å²) in [6, 6.07) is 3.18. The maximum Gasteiger partial charge on any atom is 0.265 e. The van der Waals surface area contributed by atoms with Gasteiger partial charge in [-0.05, 0) is 25.5 Å². The van der Waals surface area contributed by atoms with Crippen LogP contribution in [0, 0.1) is 6.92 Å². The highest BCUT2D eigenvalue weighted by Gasteiger charge is 2.20. The molecule has 0 unspecified atom stereocenters. The monoisotopic (exact) mass is 262 g/mol. The standard InChI is InChI=1S/C10H9BrF2O/c1-5-3-4-7(11)9(10(12)13)8(5)6(2)14/h3-4,10H,1-2H3. The van der Waals surface area contributed by atoms with E-state index in [-0.39, 0.29) is 21.4 Å². The van der Waals surface area contributed by atoms with Crippen LogP contribution in [0.5, 0.6) is 0 Å². The Morgan fingerprint density at radius 1 is 1.43 bits per heavy atom. The van der Waals surface area contributed by atoms with Crippen LogP contribution < -0.4 is 0 Å². The molecule has 76 valence electrons. The molecule has 0 radical (unpaired) electrons. The number of carbonyl (C=O) groups is 1. The van der Waals surface area contributed by atoms with E-state index in [9.17, 15) is 13.6 Å². The molecule has 1 aromatic carbocycles. The van der Waals surface area contributed by atoms with Crippen molar-refractivity contribution in [2.45, 2.75) is 20.3 Å². The van der Waals surface area contributed by atoms with Gasteiger partial charge in [0.2, 0.25) is 0 Å². The van der Waals surface area contributed by atoms with Crippen LogP contribution in [0.1, 0.15) is 34.8 Å². The summed E-state index contributed by atoms with van der Waals surface area (Å²) < 4.78 is 25.6. The molecule has 1 nitrogen and oxygen atoms in total. The Morgan fingerprint density at radius 3 is 2.36 bits per heavy atom. The maximum absolute atomic E-state index is 12.6. The molecule has 0 saturated heterocycles. The highest BCUT2D eigenvalue weighted by molar-refractivity contribution is 9.10. The Kier molecular flexibility index (Phi) is 3.37. The predicted molar refractivity (Wildman–Crippen MR) is 53.8 cm³/mol. The van der Waals surface area contributed by atoms with Gasteiger partial charge in [-0.15, -0.1) is 0 Å². The van der Waals surface area contributed by atoms with Gasteiger partial charge in [-0.1, -0.05) is 22.0 Å². The van der Waals surface area contributed by atoms with Crippen LogP contribution in [0.2, 0.25) is 0 Å². The summed E-state index contributed by atoms with van der Waals surface area (Å²) in [5.74, 6) is -0.334. The quantitative estimate of drug-likeness (QED) is 0.739. The fourth-order valence-electron chi connectivity index (χ4n) is 1.38. The molecule has 1 aromatic rings. The van der Waals surface area contributed by atoms with E-state index in [1.54, 1.807) is 13.0 Å². The first-order valence-corrected chi connectivity index (χ1v) is 4.82. The number of aryl methyl sites for hydroxylation is 1. The molecule has 0 atom stereocenters. The molecule has 0 fully saturated rings. The Balaban J connectivity index is 3.50. The van der Waals surface area contributed by atoms with Gasteiger partial charge in [-0.2, -0.15) is 0 Å². The van der Waals surface area contributed by atoms with E-state index in [0.717, 1.165) is 0 Å². The fourth-order valence-corrected chi connectivity index (χ4v) is 1.89. The van der Waals surface area contributed by atoms with Crippen molar-refractivity contribution >= 4 is 21.7 Å². The smallest absolute Gasteiger partial charge is 0.265 e. The van der Waals surface area contributed by atoms with E-state index in [4.69, 9.17) is 0 Å². The molecule has 0 aliphatic heterocycles. The average molecular weight is 263 g/mol. The first kappa shape index (κ1) is 11.3. The van der Waals surface area contributed by atoms with Gasteiger partial charge in [0.05, 0.1) is 0 Å². The Bertz CT molecular complexity index is 375. The van der Waals surface area contributed by atoms with Crippen LogP contribution in [-0.2, 0) is 0 Å². The zero-order chi connectivity index (χ0) is 10.9. The Hall–Kier alpha value is -0.770.